The van der Waals surface area contributed by atoms with Gasteiger partial charge in [-0.25, -0.2) is 0 Å². The fraction of sp³-hybridized carbons (Fsp3) is 0.438. The van der Waals surface area contributed by atoms with Crippen LogP contribution >= 0.6 is 11.8 Å². The summed E-state index contributed by atoms with van der Waals surface area (Å²) in [4.78, 5) is 12.3. The van der Waals surface area contributed by atoms with Gasteiger partial charge in [-0.15, -0.1) is 0 Å². The number of halogens is 3. The van der Waals surface area contributed by atoms with E-state index in [2.05, 4.69) is 5.32 Å². The normalized spacial score (nSPS) is 18.3. The molecule has 0 fully saturated rings. The maximum Gasteiger partial charge on any atom is 0.416 e. The number of hydrogen-bond acceptors (Lipinski definition) is 4. The minimum atomic E-state index is -4.45. The third-order valence-corrected chi connectivity index (χ3v) is 4.25. The van der Waals surface area contributed by atoms with Gasteiger partial charge in [-0.2, -0.15) is 24.9 Å². The van der Waals surface area contributed by atoms with Crippen molar-refractivity contribution < 1.29 is 22.7 Å². The summed E-state index contributed by atoms with van der Waals surface area (Å²) in [6.45, 7) is 4.21. The van der Waals surface area contributed by atoms with Crippen LogP contribution in [-0.2, 0) is 15.7 Å². The van der Waals surface area contributed by atoms with Crippen LogP contribution in [0.3, 0.4) is 0 Å². The number of rotatable bonds is 6. The Labute approximate surface area is 137 Å². The lowest BCUT2D eigenvalue weighted by Crippen LogP contribution is -2.19. The minimum Gasteiger partial charge on any atom is -0.467 e. The lowest BCUT2D eigenvalue weighted by Gasteiger charge is -2.11. The summed E-state index contributed by atoms with van der Waals surface area (Å²) in [5.74, 6) is 1.74. The number of ether oxygens (including phenoxy) is 1. The lowest BCUT2D eigenvalue weighted by molar-refractivity contribution is -0.137. The van der Waals surface area contributed by atoms with Crippen LogP contribution in [0.1, 0.15) is 25.0 Å². The molecule has 126 valence electrons. The molecule has 23 heavy (non-hydrogen) atoms. The second kappa shape index (κ2) is 7.29. The van der Waals surface area contributed by atoms with Crippen LogP contribution in [0.15, 0.2) is 30.1 Å². The van der Waals surface area contributed by atoms with Crippen molar-refractivity contribution in [2.75, 3.05) is 18.1 Å². The number of alkyl halides is 3. The Hall–Kier alpha value is -1.63. The Balaban J connectivity index is 2.30. The molecule has 1 aliphatic rings. The van der Waals surface area contributed by atoms with Crippen LogP contribution in [0.2, 0.25) is 0 Å². The van der Waals surface area contributed by atoms with Crippen molar-refractivity contribution in [1.29, 1.82) is 0 Å². The monoisotopic (exact) mass is 345 g/mol. The Morgan fingerprint density at radius 3 is 2.74 bits per heavy atom. The molecule has 0 radical (unpaired) electrons. The molecule has 3 nitrogen and oxygen atoms in total. The van der Waals surface area contributed by atoms with Gasteiger partial charge in [0.25, 0.3) is 0 Å². The van der Waals surface area contributed by atoms with E-state index in [9.17, 15) is 18.0 Å². The maximum atomic E-state index is 12.9. The molecule has 0 saturated heterocycles. The molecule has 0 aliphatic carbocycles. The van der Waals surface area contributed by atoms with Crippen LogP contribution in [-0.4, -0.2) is 29.9 Å². The van der Waals surface area contributed by atoms with E-state index in [1.165, 1.54) is 12.1 Å². The number of hydrogen-bond donors (Lipinski definition) is 1. The highest BCUT2D eigenvalue weighted by Gasteiger charge is 2.35. The topological polar surface area (TPSA) is 38.3 Å². The zero-order valence-corrected chi connectivity index (χ0v) is 13.7. The first kappa shape index (κ1) is 17.7. The molecule has 0 saturated carbocycles. The van der Waals surface area contributed by atoms with E-state index in [1.54, 1.807) is 18.7 Å². The molecule has 1 unspecified atom stereocenters. The molecular weight excluding hydrogens is 327 g/mol. The van der Waals surface area contributed by atoms with Gasteiger partial charge < -0.3 is 10.1 Å². The SMILES string of the molecule is CCSCCNC1=C(c2cccc(C(F)(F)F)c2)C(=O)C(C)O1. The first-order valence-corrected chi connectivity index (χ1v) is 8.44. The van der Waals surface area contributed by atoms with Crippen LogP contribution in [0.4, 0.5) is 13.2 Å². The van der Waals surface area contributed by atoms with E-state index in [1.807, 2.05) is 6.92 Å². The number of nitrogens with one attached hydrogen (secondary N) is 1. The van der Waals surface area contributed by atoms with Gasteiger partial charge in [-0.3, -0.25) is 4.79 Å². The molecule has 7 heteroatoms. The highest BCUT2D eigenvalue weighted by Crippen LogP contribution is 2.34. The average Bonchev–Trinajstić information content (AvgIpc) is 2.78. The summed E-state index contributed by atoms with van der Waals surface area (Å²) in [5.41, 5.74) is -0.374. The maximum absolute atomic E-state index is 12.9. The summed E-state index contributed by atoms with van der Waals surface area (Å²) in [7, 11) is 0. The van der Waals surface area contributed by atoms with Gasteiger partial charge in [0.1, 0.15) is 0 Å². The summed E-state index contributed by atoms with van der Waals surface area (Å²) in [6.07, 6.45) is -5.14. The standard InChI is InChI=1S/C16H18F3NO2S/c1-3-23-8-7-20-15-13(14(21)10(2)22-15)11-5-4-6-12(9-11)16(17,18)19/h4-6,9-10,20H,3,7-8H2,1-2H3. The van der Waals surface area contributed by atoms with E-state index in [4.69, 9.17) is 4.74 Å². The van der Waals surface area contributed by atoms with Gasteiger partial charge in [-0.05, 0) is 30.4 Å². The Bertz CT molecular complexity index is 614. The molecule has 1 aliphatic heterocycles. The molecule has 0 bridgehead atoms. The Morgan fingerprint density at radius 1 is 1.35 bits per heavy atom. The predicted octanol–water partition coefficient (Wildman–Crippen LogP) is 3.70. The number of carbonyl (C=O) groups excluding carboxylic acids is 1. The predicted molar refractivity (Wildman–Crippen MR) is 84.9 cm³/mol. The van der Waals surface area contributed by atoms with Crippen LogP contribution < -0.4 is 5.32 Å². The van der Waals surface area contributed by atoms with Crippen molar-refractivity contribution >= 4 is 23.1 Å². The van der Waals surface area contributed by atoms with E-state index < -0.39 is 17.8 Å². The highest BCUT2D eigenvalue weighted by molar-refractivity contribution is 7.99. The molecule has 1 atom stereocenters. The van der Waals surface area contributed by atoms with Crippen molar-refractivity contribution in [3.05, 3.63) is 41.3 Å². The van der Waals surface area contributed by atoms with Crippen molar-refractivity contribution in [2.45, 2.75) is 26.1 Å². The number of thioether (sulfide) groups is 1. The van der Waals surface area contributed by atoms with Gasteiger partial charge in [0.05, 0.1) is 11.1 Å². The van der Waals surface area contributed by atoms with Crippen molar-refractivity contribution in [2.24, 2.45) is 0 Å². The first-order chi connectivity index (χ1) is 10.8. The van der Waals surface area contributed by atoms with Gasteiger partial charge in [0, 0.05) is 12.3 Å². The highest BCUT2D eigenvalue weighted by atomic mass is 32.2. The lowest BCUT2D eigenvalue weighted by atomic mass is 9.99. The molecule has 0 amide bonds. The number of ketones is 1. The van der Waals surface area contributed by atoms with Gasteiger partial charge in [-0.1, -0.05) is 19.1 Å². The third-order valence-electron chi connectivity index (χ3n) is 3.35. The molecule has 1 heterocycles. The van der Waals surface area contributed by atoms with Gasteiger partial charge in [0.2, 0.25) is 5.78 Å². The number of Topliss-reactive ketones (excluding diaryl/α,β-unsaturated/α-hetero) is 1. The van der Waals surface area contributed by atoms with E-state index in [-0.39, 0.29) is 22.8 Å². The van der Waals surface area contributed by atoms with Crippen LogP contribution in [0.5, 0.6) is 0 Å². The summed E-state index contributed by atoms with van der Waals surface area (Å²) in [6, 6.07) is 4.76. The van der Waals surface area contributed by atoms with Crippen molar-refractivity contribution in [1.82, 2.24) is 5.32 Å². The molecule has 1 aromatic rings. The zero-order valence-electron chi connectivity index (χ0n) is 12.9. The second-order valence-electron chi connectivity index (χ2n) is 5.03. The quantitative estimate of drug-likeness (QED) is 0.798. The van der Waals surface area contributed by atoms with Crippen LogP contribution in [0.25, 0.3) is 5.57 Å². The van der Waals surface area contributed by atoms with E-state index in [0.717, 1.165) is 23.6 Å². The van der Waals surface area contributed by atoms with Crippen molar-refractivity contribution in [3.8, 4) is 0 Å². The molecule has 1 aromatic carbocycles. The summed E-state index contributed by atoms with van der Waals surface area (Å²) >= 11 is 1.72. The fourth-order valence-corrected chi connectivity index (χ4v) is 2.77. The number of carbonyl (C=O) groups is 1. The molecule has 2 rings (SSSR count). The fourth-order valence-electron chi connectivity index (χ4n) is 2.24. The summed E-state index contributed by atoms with van der Waals surface area (Å²) < 4.78 is 44.1. The van der Waals surface area contributed by atoms with E-state index >= 15 is 0 Å². The third kappa shape index (κ3) is 4.22. The number of benzene rings is 1. The molecule has 0 aromatic heterocycles. The smallest absolute Gasteiger partial charge is 0.416 e. The van der Waals surface area contributed by atoms with Crippen molar-refractivity contribution in [3.63, 3.8) is 0 Å². The zero-order chi connectivity index (χ0) is 17.0. The Morgan fingerprint density at radius 2 is 2.09 bits per heavy atom. The Kier molecular flexibility index (Phi) is 5.62. The first-order valence-electron chi connectivity index (χ1n) is 7.29. The van der Waals surface area contributed by atoms with E-state index in [0.29, 0.717) is 6.54 Å². The summed E-state index contributed by atoms with van der Waals surface area (Å²) in [5, 5.41) is 3.02. The molecular formula is C16H18F3NO2S. The minimum absolute atomic E-state index is 0.185. The second-order valence-corrected chi connectivity index (χ2v) is 6.42. The van der Waals surface area contributed by atoms with Gasteiger partial charge >= 0.3 is 6.18 Å². The molecule has 0 spiro atoms. The largest absolute Gasteiger partial charge is 0.467 e. The molecule has 1 N–H and O–H groups in total. The average molecular weight is 345 g/mol. The van der Waals surface area contributed by atoms with Crippen LogP contribution in [0, 0.1) is 0 Å². The van der Waals surface area contributed by atoms with Gasteiger partial charge in [0.15, 0.2) is 12.0 Å².